The van der Waals surface area contributed by atoms with Crippen LogP contribution in [0.3, 0.4) is 0 Å². The molecule has 0 spiro atoms. The molecular weight excluding hydrogens is 288 g/mol. The van der Waals surface area contributed by atoms with Crippen molar-refractivity contribution in [2.24, 2.45) is 5.92 Å². The number of halogens is 1. The average molecular weight is 309 g/mol. The molecule has 1 unspecified atom stereocenters. The molecule has 1 heterocycles. The third-order valence-corrected chi connectivity index (χ3v) is 3.26. The van der Waals surface area contributed by atoms with Crippen molar-refractivity contribution in [1.82, 2.24) is 15.5 Å². The fourth-order valence-corrected chi connectivity index (χ4v) is 2.00. The second kappa shape index (κ2) is 7.43. The maximum absolute atomic E-state index is 5.88. The van der Waals surface area contributed by atoms with E-state index in [4.69, 9.17) is 16.0 Å². The van der Waals surface area contributed by atoms with Gasteiger partial charge in [-0.05, 0) is 37.1 Å². The van der Waals surface area contributed by atoms with Gasteiger partial charge in [-0.1, -0.05) is 42.7 Å². The van der Waals surface area contributed by atoms with Gasteiger partial charge in [0.25, 0.3) is 0 Å². The van der Waals surface area contributed by atoms with Crippen molar-refractivity contribution in [3.05, 3.63) is 40.7 Å². The number of anilines is 1. The molecule has 2 N–H and O–H groups in total. The minimum atomic E-state index is 0.0687. The fraction of sp³-hybridized carbons (Fsp3) is 0.467. The molecule has 114 valence electrons. The van der Waals surface area contributed by atoms with Gasteiger partial charge in [-0.25, -0.2) is 0 Å². The Morgan fingerprint density at radius 3 is 2.52 bits per heavy atom. The standard InChI is InChI=1S/C15H21ClN4O/c1-10(2)8-17-9-14-19-20-15(21-14)18-11(3)12-4-6-13(16)7-5-12/h4-7,10-11,17H,8-9H2,1-3H3,(H,18,20). The van der Waals surface area contributed by atoms with Gasteiger partial charge in [-0.15, -0.1) is 5.10 Å². The van der Waals surface area contributed by atoms with Crippen LogP contribution >= 0.6 is 11.6 Å². The molecule has 0 saturated heterocycles. The zero-order valence-electron chi connectivity index (χ0n) is 12.6. The molecule has 1 atom stereocenters. The lowest BCUT2D eigenvalue weighted by Gasteiger charge is -2.12. The number of aromatic nitrogens is 2. The normalized spacial score (nSPS) is 12.6. The lowest BCUT2D eigenvalue weighted by atomic mass is 10.1. The summed E-state index contributed by atoms with van der Waals surface area (Å²) in [4.78, 5) is 0. The van der Waals surface area contributed by atoms with Crippen LogP contribution in [-0.2, 0) is 6.54 Å². The fourth-order valence-electron chi connectivity index (χ4n) is 1.87. The molecule has 0 aliphatic carbocycles. The van der Waals surface area contributed by atoms with Crippen LogP contribution in [0.15, 0.2) is 28.7 Å². The summed E-state index contributed by atoms with van der Waals surface area (Å²) >= 11 is 5.88. The van der Waals surface area contributed by atoms with Gasteiger partial charge in [0.2, 0.25) is 5.89 Å². The van der Waals surface area contributed by atoms with E-state index in [1.807, 2.05) is 31.2 Å². The Hall–Kier alpha value is -1.59. The molecule has 21 heavy (non-hydrogen) atoms. The Morgan fingerprint density at radius 1 is 1.14 bits per heavy atom. The molecular formula is C15H21ClN4O. The number of nitrogens with zero attached hydrogens (tertiary/aromatic N) is 2. The van der Waals surface area contributed by atoms with Gasteiger partial charge >= 0.3 is 6.01 Å². The predicted molar refractivity (Wildman–Crippen MR) is 84.3 cm³/mol. The number of hydrogen-bond acceptors (Lipinski definition) is 5. The van der Waals surface area contributed by atoms with Crippen LogP contribution in [0.25, 0.3) is 0 Å². The summed E-state index contributed by atoms with van der Waals surface area (Å²) in [5, 5.41) is 15.2. The van der Waals surface area contributed by atoms with Gasteiger partial charge in [0.1, 0.15) is 0 Å². The molecule has 0 saturated carbocycles. The predicted octanol–water partition coefficient (Wildman–Crippen LogP) is 3.64. The van der Waals surface area contributed by atoms with Gasteiger partial charge < -0.3 is 15.1 Å². The highest BCUT2D eigenvalue weighted by atomic mass is 35.5. The van der Waals surface area contributed by atoms with Crippen LogP contribution in [0.5, 0.6) is 0 Å². The molecule has 2 rings (SSSR count). The Balaban J connectivity index is 1.88. The third kappa shape index (κ3) is 5.02. The van der Waals surface area contributed by atoms with Crippen molar-refractivity contribution in [1.29, 1.82) is 0 Å². The van der Waals surface area contributed by atoms with Gasteiger partial charge in [0.15, 0.2) is 0 Å². The van der Waals surface area contributed by atoms with Crippen molar-refractivity contribution in [3.63, 3.8) is 0 Å². The highest BCUT2D eigenvalue weighted by molar-refractivity contribution is 6.30. The van der Waals surface area contributed by atoms with Crippen molar-refractivity contribution in [3.8, 4) is 0 Å². The minimum absolute atomic E-state index is 0.0687. The van der Waals surface area contributed by atoms with E-state index < -0.39 is 0 Å². The molecule has 6 heteroatoms. The minimum Gasteiger partial charge on any atom is -0.407 e. The number of nitrogens with one attached hydrogen (secondary N) is 2. The molecule has 0 radical (unpaired) electrons. The first-order valence-electron chi connectivity index (χ1n) is 7.09. The van der Waals surface area contributed by atoms with E-state index in [0.29, 0.717) is 24.4 Å². The number of hydrogen-bond donors (Lipinski definition) is 2. The zero-order chi connectivity index (χ0) is 15.2. The van der Waals surface area contributed by atoms with Crippen LogP contribution < -0.4 is 10.6 Å². The largest absolute Gasteiger partial charge is 0.407 e. The van der Waals surface area contributed by atoms with Gasteiger partial charge in [0, 0.05) is 5.02 Å². The van der Waals surface area contributed by atoms with Crippen LogP contribution in [0.1, 0.15) is 38.3 Å². The topological polar surface area (TPSA) is 63.0 Å². The SMILES string of the molecule is CC(C)CNCc1nnc(NC(C)c2ccc(Cl)cc2)o1. The molecule has 5 nitrogen and oxygen atoms in total. The summed E-state index contributed by atoms with van der Waals surface area (Å²) in [5.41, 5.74) is 1.11. The van der Waals surface area contributed by atoms with Crippen molar-refractivity contribution in [2.75, 3.05) is 11.9 Å². The molecule has 0 bridgehead atoms. The first-order valence-corrected chi connectivity index (χ1v) is 7.47. The van der Waals surface area contributed by atoms with Gasteiger partial charge in [-0.2, -0.15) is 0 Å². The van der Waals surface area contributed by atoms with E-state index in [-0.39, 0.29) is 6.04 Å². The second-order valence-corrected chi connectivity index (χ2v) is 5.88. The average Bonchev–Trinajstić information content (AvgIpc) is 2.86. The van der Waals surface area contributed by atoms with Crippen LogP contribution in [0.2, 0.25) is 5.02 Å². The molecule has 0 aliphatic rings. The van der Waals surface area contributed by atoms with E-state index in [0.717, 1.165) is 17.1 Å². The summed E-state index contributed by atoms with van der Waals surface area (Å²) in [6.07, 6.45) is 0. The quantitative estimate of drug-likeness (QED) is 0.817. The van der Waals surface area contributed by atoms with E-state index in [1.165, 1.54) is 0 Å². The highest BCUT2D eigenvalue weighted by Gasteiger charge is 2.10. The van der Waals surface area contributed by atoms with E-state index in [9.17, 15) is 0 Å². The molecule has 0 amide bonds. The third-order valence-electron chi connectivity index (χ3n) is 3.01. The molecule has 2 aromatic rings. The Morgan fingerprint density at radius 2 is 1.86 bits per heavy atom. The summed E-state index contributed by atoms with van der Waals surface area (Å²) < 4.78 is 5.56. The van der Waals surface area contributed by atoms with Gasteiger partial charge in [-0.3, -0.25) is 0 Å². The van der Waals surface area contributed by atoms with Crippen LogP contribution in [-0.4, -0.2) is 16.7 Å². The summed E-state index contributed by atoms with van der Waals surface area (Å²) in [5.74, 6) is 1.18. The van der Waals surface area contributed by atoms with E-state index >= 15 is 0 Å². The maximum Gasteiger partial charge on any atom is 0.315 e. The zero-order valence-corrected chi connectivity index (χ0v) is 13.3. The molecule has 1 aromatic heterocycles. The molecule has 0 aliphatic heterocycles. The lowest BCUT2D eigenvalue weighted by molar-refractivity contribution is 0.456. The monoisotopic (exact) mass is 308 g/mol. The molecule has 0 fully saturated rings. The first kappa shape index (κ1) is 15.8. The van der Waals surface area contributed by atoms with Crippen LogP contribution in [0.4, 0.5) is 6.01 Å². The highest BCUT2D eigenvalue weighted by Crippen LogP contribution is 2.20. The molecule has 1 aromatic carbocycles. The lowest BCUT2D eigenvalue weighted by Crippen LogP contribution is -2.19. The summed E-state index contributed by atoms with van der Waals surface area (Å²) in [6.45, 7) is 7.85. The second-order valence-electron chi connectivity index (χ2n) is 5.44. The maximum atomic E-state index is 5.88. The van der Waals surface area contributed by atoms with Crippen molar-refractivity contribution in [2.45, 2.75) is 33.4 Å². The van der Waals surface area contributed by atoms with Crippen molar-refractivity contribution >= 4 is 17.6 Å². The number of rotatable bonds is 7. The Kier molecular flexibility index (Phi) is 5.59. The Bertz CT molecular complexity index is 553. The van der Waals surface area contributed by atoms with Crippen molar-refractivity contribution < 1.29 is 4.42 Å². The summed E-state index contributed by atoms with van der Waals surface area (Å²) in [7, 11) is 0. The summed E-state index contributed by atoms with van der Waals surface area (Å²) in [6, 6.07) is 8.18. The number of benzene rings is 1. The van der Waals surface area contributed by atoms with E-state index in [1.54, 1.807) is 0 Å². The van der Waals surface area contributed by atoms with E-state index in [2.05, 4.69) is 34.7 Å². The Labute approximate surface area is 130 Å². The van der Waals surface area contributed by atoms with Crippen LogP contribution in [0, 0.1) is 5.92 Å². The smallest absolute Gasteiger partial charge is 0.315 e. The van der Waals surface area contributed by atoms with Gasteiger partial charge in [0.05, 0.1) is 12.6 Å². The first-order chi connectivity index (χ1) is 10.0.